The molecule has 1 aliphatic carbocycles. The second kappa shape index (κ2) is 7.61. The number of nitrogens with one attached hydrogen (secondary N) is 1. The van der Waals surface area contributed by atoms with Crippen LogP contribution in [-0.4, -0.2) is 21.2 Å². The molecule has 1 saturated carbocycles. The Labute approximate surface area is 133 Å². The molecule has 1 N–H and O–H groups in total. The van der Waals surface area contributed by atoms with Gasteiger partial charge in [0.25, 0.3) is 0 Å². The van der Waals surface area contributed by atoms with Gasteiger partial charge in [-0.15, -0.1) is 0 Å². The minimum absolute atomic E-state index is 0.332. The van der Waals surface area contributed by atoms with Crippen LogP contribution in [0.25, 0.3) is 0 Å². The van der Waals surface area contributed by atoms with Crippen LogP contribution in [0.2, 0.25) is 5.02 Å². The van der Waals surface area contributed by atoms with Crippen LogP contribution in [0.5, 0.6) is 0 Å². The highest BCUT2D eigenvalue weighted by atomic mass is 35.5. The monoisotopic (exact) mass is 329 g/mol. The molecule has 1 aromatic carbocycles. The summed E-state index contributed by atoms with van der Waals surface area (Å²) in [5, 5.41) is 3.85. The van der Waals surface area contributed by atoms with Crippen molar-refractivity contribution < 1.29 is 8.42 Å². The van der Waals surface area contributed by atoms with E-state index in [9.17, 15) is 8.42 Å². The molecule has 0 atom stereocenters. The molecule has 1 fully saturated rings. The molecule has 0 radical (unpaired) electrons. The molecule has 1 aliphatic rings. The zero-order chi connectivity index (χ0) is 15.3. The first-order valence-electron chi connectivity index (χ1n) is 7.66. The lowest BCUT2D eigenvalue weighted by Gasteiger charge is -2.12. The van der Waals surface area contributed by atoms with Crippen molar-refractivity contribution >= 4 is 21.4 Å². The maximum absolute atomic E-state index is 11.8. The SMILES string of the molecule is CS(=O)(=O)c1cccc(Cl)c1CNCCCC1CCCC1. The maximum Gasteiger partial charge on any atom is 0.175 e. The fourth-order valence-electron chi connectivity index (χ4n) is 3.09. The summed E-state index contributed by atoms with van der Waals surface area (Å²) >= 11 is 6.15. The summed E-state index contributed by atoms with van der Waals surface area (Å²) in [5.41, 5.74) is 0.683. The van der Waals surface area contributed by atoms with Gasteiger partial charge in [-0.2, -0.15) is 0 Å². The minimum Gasteiger partial charge on any atom is -0.313 e. The van der Waals surface area contributed by atoms with Gasteiger partial charge in [-0.3, -0.25) is 0 Å². The van der Waals surface area contributed by atoms with Crippen LogP contribution in [0, 0.1) is 5.92 Å². The van der Waals surface area contributed by atoms with E-state index in [1.807, 2.05) is 0 Å². The molecule has 0 amide bonds. The standard InChI is InChI=1S/C16H24ClNO2S/c1-21(19,20)16-10-4-9-15(17)14(16)12-18-11-5-8-13-6-2-3-7-13/h4,9-10,13,18H,2-3,5-8,11-12H2,1H3. The fraction of sp³-hybridized carbons (Fsp3) is 0.625. The molecule has 0 saturated heterocycles. The van der Waals surface area contributed by atoms with Gasteiger partial charge in [-0.25, -0.2) is 8.42 Å². The molecule has 2 rings (SSSR count). The Morgan fingerprint density at radius 3 is 2.67 bits per heavy atom. The highest BCUT2D eigenvalue weighted by Crippen LogP contribution is 2.28. The van der Waals surface area contributed by atoms with Gasteiger partial charge in [-0.1, -0.05) is 43.4 Å². The topological polar surface area (TPSA) is 46.2 Å². The summed E-state index contributed by atoms with van der Waals surface area (Å²) in [6, 6.07) is 5.05. The number of rotatable bonds is 7. The van der Waals surface area contributed by atoms with Gasteiger partial charge in [0, 0.05) is 23.4 Å². The predicted octanol–water partition coefficient (Wildman–Crippen LogP) is 3.80. The van der Waals surface area contributed by atoms with Crippen molar-refractivity contribution in [3.63, 3.8) is 0 Å². The van der Waals surface area contributed by atoms with Gasteiger partial charge in [-0.05, 0) is 37.4 Å². The van der Waals surface area contributed by atoms with E-state index in [1.54, 1.807) is 18.2 Å². The Morgan fingerprint density at radius 2 is 2.00 bits per heavy atom. The second-order valence-corrected chi connectivity index (χ2v) is 8.35. The van der Waals surface area contributed by atoms with Crippen LogP contribution >= 0.6 is 11.6 Å². The van der Waals surface area contributed by atoms with Gasteiger partial charge in [0.1, 0.15) is 0 Å². The number of benzene rings is 1. The van der Waals surface area contributed by atoms with Crippen molar-refractivity contribution in [1.82, 2.24) is 5.32 Å². The average Bonchev–Trinajstić information content (AvgIpc) is 2.92. The fourth-order valence-corrected chi connectivity index (χ4v) is 4.34. The van der Waals surface area contributed by atoms with E-state index in [0.29, 0.717) is 22.0 Å². The van der Waals surface area contributed by atoms with Gasteiger partial charge >= 0.3 is 0 Å². The van der Waals surface area contributed by atoms with E-state index in [1.165, 1.54) is 38.4 Å². The summed E-state index contributed by atoms with van der Waals surface area (Å²) in [5.74, 6) is 0.902. The van der Waals surface area contributed by atoms with E-state index in [0.717, 1.165) is 18.9 Å². The smallest absolute Gasteiger partial charge is 0.175 e. The number of halogens is 1. The van der Waals surface area contributed by atoms with Crippen molar-refractivity contribution in [3.05, 3.63) is 28.8 Å². The first-order chi connectivity index (χ1) is 9.98. The zero-order valence-electron chi connectivity index (χ0n) is 12.6. The Kier molecular flexibility index (Phi) is 6.08. The van der Waals surface area contributed by atoms with Gasteiger partial charge < -0.3 is 5.32 Å². The summed E-state index contributed by atoms with van der Waals surface area (Å²) in [4.78, 5) is 0.332. The van der Waals surface area contributed by atoms with Crippen LogP contribution < -0.4 is 5.32 Å². The van der Waals surface area contributed by atoms with Gasteiger partial charge in [0.2, 0.25) is 0 Å². The van der Waals surface area contributed by atoms with E-state index < -0.39 is 9.84 Å². The first-order valence-corrected chi connectivity index (χ1v) is 9.93. The lowest BCUT2D eigenvalue weighted by atomic mass is 10.0. The zero-order valence-corrected chi connectivity index (χ0v) is 14.1. The Hall–Kier alpha value is -0.580. The second-order valence-electron chi connectivity index (χ2n) is 5.96. The maximum atomic E-state index is 11.8. The molecule has 0 bridgehead atoms. The summed E-state index contributed by atoms with van der Waals surface area (Å²) in [6.45, 7) is 1.41. The summed E-state index contributed by atoms with van der Waals surface area (Å²) in [7, 11) is -3.24. The van der Waals surface area contributed by atoms with Crippen LogP contribution in [0.15, 0.2) is 23.1 Å². The molecule has 0 aromatic heterocycles. The summed E-state index contributed by atoms with van der Waals surface area (Å²) in [6.07, 6.45) is 9.16. The minimum atomic E-state index is -3.24. The van der Waals surface area contributed by atoms with Crippen LogP contribution in [0.3, 0.4) is 0 Å². The van der Waals surface area contributed by atoms with E-state index in [4.69, 9.17) is 11.6 Å². The molecular weight excluding hydrogens is 306 g/mol. The lowest BCUT2D eigenvalue weighted by molar-refractivity contribution is 0.470. The number of hydrogen-bond donors (Lipinski definition) is 1. The summed E-state index contributed by atoms with van der Waals surface area (Å²) < 4.78 is 23.6. The van der Waals surface area contributed by atoms with Crippen molar-refractivity contribution in [2.24, 2.45) is 5.92 Å². The molecule has 118 valence electrons. The molecule has 0 spiro atoms. The molecule has 5 heteroatoms. The molecule has 3 nitrogen and oxygen atoms in total. The van der Waals surface area contributed by atoms with E-state index in [-0.39, 0.29) is 0 Å². The van der Waals surface area contributed by atoms with Gasteiger partial charge in [0.05, 0.1) is 4.90 Å². The molecule has 0 unspecified atom stereocenters. The van der Waals surface area contributed by atoms with Crippen LogP contribution in [0.4, 0.5) is 0 Å². The normalized spacial score (nSPS) is 16.5. The first kappa shape index (κ1) is 16.8. The third kappa shape index (κ3) is 4.97. The third-order valence-electron chi connectivity index (χ3n) is 4.22. The predicted molar refractivity (Wildman–Crippen MR) is 87.5 cm³/mol. The molecule has 21 heavy (non-hydrogen) atoms. The Bertz CT molecular complexity index is 566. The van der Waals surface area contributed by atoms with Crippen molar-refractivity contribution in [2.75, 3.05) is 12.8 Å². The van der Waals surface area contributed by atoms with E-state index >= 15 is 0 Å². The average molecular weight is 330 g/mol. The molecule has 0 aliphatic heterocycles. The molecule has 0 heterocycles. The Morgan fingerprint density at radius 1 is 1.29 bits per heavy atom. The van der Waals surface area contributed by atoms with Crippen molar-refractivity contribution in [2.45, 2.75) is 50.0 Å². The van der Waals surface area contributed by atoms with Crippen LogP contribution in [0.1, 0.15) is 44.1 Å². The largest absolute Gasteiger partial charge is 0.313 e. The quantitative estimate of drug-likeness (QED) is 0.774. The highest BCUT2D eigenvalue weighted by Gasteiger charge is 2.16. The Balaban J connectivity index is 1.85. The lowest BCUT2D eigenvalue weighted by Crippen LogP contribution is -2.18. The van der Waals surface area contributed by atoms with Crippen LogP contribution in [-0.2, 0) is 16.4 Å². The molecule has 1 aromatic rings. The third-order valence-corrected chi connectivity index (χ3v) is 5.75. The van der Waals surface area contributed by atoms with Gasteiger partial charge in [0.15, 0.2) is 9.84 Å². The molecular formula is C16H24ClNO2S. The number of hydrogen-bond acceptors (Lipinski definition) is 3. The number of sulfone groups is 1. The van der Waals surface area contributed by atoms with E-state index in [2.05, 4.69) is 5.32 Å². The van der Waals surface area contributed by atoms with Crippen molar-refractivity contribution in [1.29, 1.82) is 0 Å². The van der Waals surface area contributed by atoms with Crippen molar-refractivity contribution in [3.8, 4) is 0 Å². The highest BCUT2D eigenvalue weighted by molar-refractivity contribution is 7.90.